The second kappa shape index (κ2) is 10.1. The highest BCUT2D eigenvalue weighted by Crippen LogP contribution is 2.38. The number of likely N-dealkylation sites (tertiary alicyclic amines) is 1. The van der Waals surface area contributed by atoms with Gasteiger partial charge in [-0.05, 0) is 24.6 Å². The molecular weight excluding hydrogens is 534 g/mol. The first-order valence-corrected chi connectivity index (χ1v) is 14.3. The van der Waals surface area contributed by atoms with Crippen molar-refractivity contribution in [1.29, 1.82) is 0 Å². The minimum atomic E-state index is -3.13. The number of aromatic amines is 1. The van der Waals surface area contributed by atoms with E-state index >= 15 is 8.78 Å². The van der Waals surface area contributed by atoms with Gasteiger partial charge in [-0.3, -0.25) is 4.79 Å². The summed E-state index contributed by atoms with van der Waals surface area (Å²) in [6.07, 6.45) is -0.259. The molecule has 1 atom stereocenters. The number of hydrogen-bond donors (Lipinski definition) is 3. The Balaban J connectivity index is 1.35. The van der Waals surface area contributed by atoms with Gasteiger partial charge in [0.1, 0.15) is 23.5 Å². The van der Waals surface area contributed by atoms with Gasteiger partial charge in [-0.2, -0.15) is 0 Å². The Kier molecular flexibility index (Phi) is 6.91. The molecule has 3 N–H and O–H groups in total. The summed E-state index contributed by atoms with van der Waals surface area (Å²) in [5.41, 5.74) is 0.635. The van der Waals surface area contributed by atoms with Crippen molar-refractivity contribution in [3.05, 3.63) is 58.1 Å². The number of carbonyl (C=O) groups is 1. The largest absolute Gasteiger partial charge is 0.465 e. The maximum atomic E-state index is 15.1. The van der Waals surface area contributed by atoms with Crippen molar-refractivity contribution >= 4 is 38.5 Å². The summed E-state index contributed by atoms with van der Waals surface area (Å²) in [5, 5.41) is 12.7. The third-order valence-corrected chi connectivity index (χ3v) is 8.86. The molecule has 2 saturated heterocycles. The number of halogens is 2. The van der Waals surface area contributed by atoms with E-state index in [0.29, 0.717) is 22.5 Å². The van der Waals surface area contributed by atoms with Crippen LogP contribution in [0.4, 0.5) is 25.1 Å². The van der Waals surface area contributed by atoms with E-state index in [2.05, 4.69) is 20.3 Å². The lowest BCUT2D eigenvalue weighted by atomic mass is 9.89. The highest BCUT2D eigenvalue weighted by molar-refractivity contribution is 7.91. The zero-order valence-corrected chi connectivity index (χ0v) is 21.9. The Hall–Kier alpha value is -3.81. The average Bonchev–Trinajstić information content (AvgIpc) is 2.86. The topological polar surface area (TPSA) is 149 Å². The summed E-state index contributed by atoms with van der Waals surface area (Å²) in [4.78, 5) is 37.6. The zero-order valence-electron chi connectivity index (χ0n) is 21.1. The van der Waals surface area contributed by atoms with Gasteiger partial charge in [-0.1, -0.05) is 18.2 Å². The average molecular weight is 563 g/mol. The number of anilines is 2. The second-order valence-corrected chi connectivity index (χ2v) is 12.4. The molecule has 0 radical (unpaired) electrons. The minimum absolute atomic E-state index is 0.0442. The predicted octanol–water partition coefficient (Wildman–Crippen LogP) is 2.82. The lowest BCUT2D eigenvalue weighted by Gasteiger charge is -2.38. The quantitative estimate of drug-likeness (QED) is 0.395. The molecule has 2 fully saturated rings. The molecule has 2 aromatic heterocycles. The van der Waals surface area contributed by atoms with Gasteiger partial charge in [-0.15, -0.1) is 0 Å². The van der Waals surface area contributed by atoms with Crippen molar-refractivity contribution in [2.45, 2.75) is 25.3 Å². The van der Waals surface area contributed by atoms with Crippen LogP contribution < -0.4 is 15.8 Å². The summed E-state index contributed by atoms with van der Waals surface area (Å²) < 4.78 is 53.7. The van der Waals surface area contributed by atoms with Gasteiger partial charge in [0.15, 0.2) is 9.84 Å². The van der Waals surface area contributed by atoms with Crippen LogP contribution >= 0.6 is 0 Å². The highest BCUT2D eigenvalue weighted by Gasteiger charge is 2.41. The molecule has 1 aromatic carbocycles. The number of amides is 1. The molecule has 0 saturated carbocycles. The lowest BCUT2D eigenvalue weighted by Crippen LogP contribution is -2.50. The number of sulfone groups is 1. The number of carboxylic acid groups (broad SMARTS) is 1. The Morgan fingerprint density at radius 1 is 1.23 bits per heavy atom. The maximum absolute atomic E-state index is 15.1. The predicted molar refractivity (Wildman–Crippen MR) is 141 cm³/mol. The molecule has 0 aliphatic carbocycles. The number of aromatic nitrogens is 3. The molecule has 3 aromatic rings. The molecule has 0 unspecified atom stereocenters. The van der Waals surface area contributed by atoms with Crippen LogP contribution in [0.15, 0.2) is 41.5 Å². The molecular formula is C25H28F2N6O5S. The van der Waals surface area contributed by atoms with E-state index in [9.17, 15) is 18.0 Å². The first-order chi connectivity index (χ1) is 18.4. The monoisotopic (exact) mass is 562 g/mol. The molecule has 14 heteroatoms. The van der Waals surface area contributed by atoms with Crippen LogP contribution in [0.5, 0.6) is 0 Å². The third-order valence-electron chi connectivity index (χ3n) is 7.25. The fourth-order valence-electron chi connectivity index (χ4n) is 4.97. The molecule has 208 valence electrons. The minimum Gasteiger partial charge on any atom is -0.465 e. The van der Waals surface area contributed by atoms with E-state index in [-0.39, 0.29) is 48.9 Å². The molecule has 39 heavy (non-hydrogen) atoms. The molecule has 2 aliphatic rings. The van der Waals surface area contributed by atoms with Crippen molar-refractivity contribution in [3.63, 3.8) is 0 Å². The standard InChI is InChI=1S/C25H28F2N6O5S/c1-15(17-3-2-4-18(9-17)25(26,27)11-16-12-33(13-16)24(35)36)30-21-19-10-20(23(34)31-22(19)29-14-28-21)32-5-7-39(37,38)8-6-32/h2-4,9-10,14-16H,5-8,11-13H2,1H3,(H,35,36)(H2,28,29,30,31,34)/t15-/m1/s1. The maximum Gasteiger partial charge on any atom is 0.407 e. The molecule has 1 amide bonds. The number of nitrogens with one attached hydrogen (secondary N) is 2. The van der Waals surface area contributed by atoms with Gasteiger partial charge in [0.05, 0.1) is 16.9 Å². The van der Waals surface area contributed by atoms with E-state index in [1.807, 2.05) is 0 Å². The number of pyridine rings is 1. The third kappa shape index (κ3) is 5.65. The number of nitrogens with zero attached hydrogens (tertiary/aromatic N) is 4. The SMILES string of the molecule is C[C@@H](Nc1ncnc2[nH]c(=O)c(N3CCS(=O)(=O)CC3)cc12)c1cccc(C(F)(F)CC2CN(C(=O)O)C2)c1. The summed E-state index contributed by atoms with van der Waals surface area (Å²) in [6, 6.07) is 7.23. The van der Waals surface area contributed by atoms with Crippen molar-refractivity contribution in [2.75, 3.05) is 47.9 Å². The molecule has 0 spiro atoms. The number of benzene rings is 1. The van der Waals surface area contributed by atoms with Gasteiger partial charge >= 0.3 is 6.09 Å². The van der Waals surface area contributed by atoms with Crippen LogP contribution in [0.25, 0.3) is 11.0 Å². The molecule has 5 rings (SSSR count). The summed E-state index contributed by atoms with van der Waals surface area (Å²) in [6.45, 7) is 2.38. The van der Waals surface area contributed by atoms with E-state index in [1.165, 1.54) is 18.5 Å². The normalized spacial score (nSPS) is 18.5. The molecule has 0 bridgehead atoms. The van der Waals surface area contributed by atoms with Crippen LogP contribution in [0.2, 0.25) is 0 Å². The van der Waals surface area contributed by atoms with Gasteiger partial charge in [0.2, 0.25) is 0 Å². The van der Waals surface area contributed by atoms with E-state index in [0.717, 1.165) is 4.90 Å². The molecule has 4 heterocycles. The van der Waals surface area contributed by atoms with Crippen LogP contribution in [-0.4, -0.2) is 77.2 Å². The number of H-pyrrole nitrogens is 1. The molecule has 2 aliphatic heterocycles. The number of fused-ring (bicyclic) bond motifs is 1. The van der Waals surface area contributed by atoms with Crippen LogP contribution in [0.1, 0.15) is 30.5 Å². The Morgan fingerprint density at radius 3 is 2.64 bits per heavy atom. The highest BCUT2D eigenvalue weighted by atomic mass is 32.2. The number of rotatable bonds is 7. The first-order valence-electron chi connectivity index (χ1n) is 12.5. The van der Waals surface area contributed by atoms with Gasteiger partial charge in [-0.25, -0.2) is 32.0 Å². The fraction of sp³-hybridized carbons (Fsp3) is 0.440. The number of hydrogen-bond acceptors (Lipinski definition) is 8. The lowest BCUT2D eigenvalue weighted by molar-refractivity contribution is -0.0528. The van der Waals surface area contributed by atoms with Crippen molar-refractivity contribution in [1.82, 2.24) is 19.9 Å². The fourth-order valence-corrected chi connectivity index (χ4v) is 6.17. The van der Waals surface area contributed by atoms with Crippen molar-refractivity contribution < 1.29 is 27.1 Å². The Bertz CT molecular complexity index is 1560. The smallest absolute Gasteiger partial charge is 0.407 e. The van der Waals surface area contributed by atoms with Crippen molar-refractivity contribution in [3.8, 4) is 0 Å². The summed E-state index contributed by atoms with van der Waals surface area (Å²) in [7, 11) is -3.13. The summed E-state index contributed by atoms with van der Waals surface area (Å²) >= 11 is 0. The molecule has 11 nitrogen and oxygen atoms in total. The van der Waals surface area contributed by atoms with E-state index in [1.54, 1.807) is 30.0 Å². The number of alkyl halides is 2. The van der Waals surface area contributed by atoms with Crippen LogP contribution in [0, 0.1) is 5.92 Å². The Labute approximate surface area is 222 Å². The second-order valence-electron chi connectivity index (χ2n) is 10.1. The Morgan fingerprint density at radius 2 is 1.95 bits per heavy atom. The van der Waals surface area contributed by atoms with Crippen molar-refractivity contribution in [2.24, 2.45) is 5.92 Å². The zero-order chi connectivity index (χ0) is 27.9. The van der Waals surface area contributed by atoms with E-state index in [4.69, 9.17) is 5.11 Å². The van der Waals surface area contributed by atoms with Gasteiger partial charge < -0.3 is 25.2 Å². The van der Waals surface area contributed by atoms with Crippen LogP contribution in [-0.2, 0) is 15.8 Å². The van der Waals surface area contributed by atoms with Gasteiger partial charge in [0.25, 0.3) is 11.5 Å². The van der Waals surface area contributed by atoms with Crippen LogP contribution in [0.3, 0.4) is 0 Å². The first kappa shape index (κ1) is 26.8. The van der Waals surface area contributed by atoms with E-state index < -0.39 is 45.8 Å². The van der Waals surface area contributed by atoms with Gasteiger partial charge in [0, 0.05) is 50.1 Å². The summed E-state index contributed by atoms with van der Waals surface area (Å²) in [5.74, 6) is -3.23.